The van der Waals surface area contributed by atoms with Crippen LogP contribution in [-0.4, -0.2) is 29.6 Å². The number of rotatable bonds is 7. The number of amides is 1. The molecule has 2 rings (SSSR count). The van der Waals surface area contributed by atoms with E-state index in [9.17, 15) is 9.59 Å². The van der Waals surface area contributed by atoms with Crippen LogP contribution in [0, 0.1) is 5.92 Å². The molecular formula is C15H20N2O3. The van der Waals surface area contributed by atoms with Gasteiger partial charge in [0.25, 0.3) is 5.91 Å². The highest BCUT2D eigenvalue weighted by atomic mass is 16.4. The van der Waals surface area contributed by atoms with Crippen molar-refractivity contribution in [2.45, 2.75) is 31.7 Å². The molecule has 0 heterocycles. The summed E-state index contributed by atoms with van der Waals surface area (Å²) in [5.41, 5.74) is 7.12. The van der Waals surface area contributed by atoms with Crippen molar-refractivity contribution in [1.82, 2.24) is 5.32 Å². The van der Waals surface area contributed by atoms with Crippen LogP contribution in [0.2, 0.25) is 0 Å². The molecule has 20 heavy (non-hydrogen) atoms. The van der Waals surface area contributed by atoms with Crippen LogP contribution in [0.15, 0.2) is 24.3 Å². The van der Waals surface area contributed by atoms with E-state index >= 15 is 0 Å². The molecule has 1 atom stereocenters. The lowest BCUT2D eigenvalue weighted by Crippen LogP contribution is -2.38. The predicted octanol–water partition coefficient (Wildman–Crippen LogP) is 1.17. The fraction of sp³-hybridized carbons (Fsp3) is 0.467. The summed E-state index contributed by atoms with van der Waals surface area (Å²) in [5, 5.41) is 11.7. The zero-order valence-electron chi connectivity index (χ0n) is 11.3. The van der Waals surface area contributed by atoms with Crippen molar-refractivity contribution in [3.05, 3.63) is 35.4 Å². The fourth-order valence-electron chi connectivity index (χ4n) is 2.26. The molecule has 0 aromatic heterocycles. The van der Waals surface area contributed by atoms with Gasteiger partial charge in [-0.25, -0.2) is 0 Å². The molecule has 0 radical (unpaired) electrons. The number of hydrogen-bond donors (Lipinski definition) is 3. The average Bonchev–Trinajstić information content (AvgIpc) is 3.23. The SMILES string of the molecule is NCCc1ccc(C(=O)NC(CC(=O)O)C2CC2)cc1. The van der Waals surface area contributed by atoms with Gasteiger partial charge in [-0.15, -0.1) is 0 Å². The molecule has 1 saturated carbocycles. The molecule has 1 aliphatic carbocycles. The van der Waals surface area contributed by atoms with Crippen molar-refractivity contribution in [2.24, 2.45) is 11.7 Å². The fourth-order valence-corrected chi connectivity index (χ4v) is 2.26. The molecule has 5 nitrogen and oxygen atoms in total. The summed E-state index contributed by atoms with van der Waals surface area (Å²) in [6.07, 6.45) is 2.76. The minimum absolute atomic E-state index is 0.0122. The molecule has 1 fully saturated rings. The number of aliphatic carboxylic acids is 1. The first-order valence-electron chi connectivity index (χ1n) is 6.92. The van der Waals surface area contributed by atoms with E-state index in [1.165, 1.54) is 0 Å². The van der Waals surface area contributed by atoms with Gasteiger partial charge in [0, 0.05) is 11.6 Å². The van der Waals surface area contributed by atoms with Gasteiger partial charge in [-0.2, -0.15) is 0 Å². The molecule has 4 N–H and O–H groups in total. The second kappa shape index (κ2) is 6.52. The monoisotopic (exact) mass is 276 g/mol. The van der Waals surface area contributed by atoms with E-state index in [0.717, 1.165) is 24.8 Å². The lowest BCUT2D eigenvalue weighted by atomic mass is 10.1. The Hall–Kier alpha value is -1.88. The minimum Gasteiger partial charge on any atom is -0.481 e. The normalized spacial score (nSPS) is 15.7. The van der Waals surface area contributed by atoms with Gasteiger partial charge in [0.2, 0.25) is 0 Å². The Morgan fingerprint density at radius 1 is 1.30 bits per heavy atom. The third-order valence-corrected chi connectivity index (χ3v) is 3.55. The van der Waals surface area contributed by atoms with E-state index in [4.69, 9.17) is 10.8 Å². The van der Waals surface area contributed by atoms with E-state index in [0.29, 0.717) is 18.0 Å². The van der Waals surface area contributed by atoms with Gasteiger partial charge in [0.05, 0.1) is 6.42 Å². The maximum absolute atomic E-state index is 12.1. The van der Waals surface area contributed by atoms with E-state index in [1.54, 1.807) is 12.1 Å². The topological polar surface area (TPSA) is 92.4 Å². The van der Waals surface area contributed by atoms with Gasteiger partial charge in [0.15, 0.2) is 0 Å². The quantitative estimate of drug-likeness (QED) is 0.697. The van der Waals surface area contributed by atoms with Crippen LogP contribution in [0.4, 0.5) is 0 Å². The number of carbonyl (C=O) groups is 2. The molecule has 0 saturated heterocycles. The highest BCUT2D eigenvalue weighted by Crippen LogP contribution is 2.34. The van der Waals surface area contributed by atoms with E-state index in [-0.39, 0.29) is 18.4 Å². The van der Waals surface area contributed by atoms with Gasteiger partial charge < -0.3 is 16.2 Å². The summed E-state index contributed by atoms with van der Waals surface area (Å²) >= 11 is 0. The Kier molecular flexibility index (Phi) is 4.74. The third kappa shape index (κ3) is 4.06. The molecule has 1 amide bonds. The number of hydrogen-bond acceptors (Lipinski definition) is 3. The number of nitrogens with two attached hydrogens (primary N) is 1. The zero-order chi connectivity index (χ0) is 14.5. The van der Waals surface area contributed by atoms with Crippen molar-refractivity contribution >= 4 is 11.9 Å². The summed E-state index contributed by atoms with van der Waals surface area (Å²) in [4.78, 5) is 22.9. The Labute approximate surface area is 118 Å². The van der Waals surface area contributed by atoms with Crippen LogP contribution in [0.25, 0.3) is 0 Å². The second-order valence-electron chi connectivity index (χ2n) is 5.25. The molecular weight excluding hydrogens is 256 g/mol. The van der Waals surface area contributed by atoms with E-state index in [1.807, 2.05) is 12.1 Å². The first-order valence-corrected chi connectivity index (χ1v) is 6.92. The molecule has 1 unspecified atom stereocenters. The van der Waals surface area contributed by atoms with Crippen molar-refractivity contribution in [3.8, 4) is 0 Å². The first kappa shape index (κ1) is 14.5. The Bertz CT molecular complexity index is 480. The highest BCUT2D eigenvalue weighted by Gasteiger charge is 2.33. The largest absolute Gasteiger partial charge is 0.481 e. The lowest BCUT2D eigenvalue weighted by molar-refractivity contribution is -0.137. The number of carbonyl (C=O) groups excluding carboxylic acids is 1. The summed E-state index contributed by atoms with van der Waals surface area (Å²) < 4.78 is 0. The average molecular weight is 276 g/mol. The van der Waals surface area contributed by atoms with E-state index in [2.05, 4.69) is 5.32 Å². The van der Waals surface area contributed by atoms with Crippen molar-refractivity contribution in [3.63, 3.8) is 0 Å². The summed E-state index contributed by atoms with van der Waals surface area (Å²) in [6, 6.07) is 7.01. The lowest BCUT2D eigenvalue weighted by Gasteiger charge is -2.16. The molecule has 1 aromatic rings. The van der Waals surface area contributed by atoms with Crippen LogP contribution in [0.1, 0.15) is 35.2 Å². The van der Waals surface area contributed by atoms with Gasteiger partial charge >= 0.3 is 5.97 Å². The van der Waals surface area contributed by atoms with Crippen LogP contribution >= 0.6 is 0 Å². The Morgan fingerprint density at radius 2 is 1.95 bits per heavy atom. The molecule has 0 spiro atoms. The van der Waals surface area contributed by atoms with Gasteiger partial charge in [-0.05, 0) is 49.4 Å². The predicted molar refractivity (Wildman–Crippen MR) is 75.4 cm³/mol. The molecule has 0 aliphatic heterocycles. The maximum Gasteiger partial charge on any atom is 0.305 e. The van der Waals surface area contributed by atoms with Gasteiger partial charge in [0.1, 0.15) is 0 Å². The summed E-state index contributed by atoms with van der Waals surface area (Å²) in [5.74, 6) is -0.769. The minimum atomic E-state index is -0.875. The number of carboxylic acid groups (broad SMARTS) is 1. The van der Waals surface area contributed by atoms with Crippen molar-refractivity contribution in [2.75, 3.05) is 6.54 Å². The Morgan fingerprint density at radius 3 is 2.45 bits per heavy atom. The van der Waals surface area contributed by atoms with Gasteiger partial charge in [-0.1, -0.05) is 12.1 Å². The van der Waals surface area contributed by atoms with Crippen molar-refractivity contribution in [1.29, 1.82) is 0 Å². The van der Waals surface area contributed by atoms with E-state index < -0.39 is 5.97 Å². The first-order chi connectivity index (χ1) is 9.60. The molecule has 1 aromatic carbocycles. The summed E-state index contributed by atoms with van der Waals surface area (Å²) in [6.45, 7) is 0.577. The van der Waals surface area contributed by atoms with Crippen molar-refractivity contribution < 1.29 is 14.7 Å². The third-order valence-electron chi connectivity index (χ3n) is 3.55. The highest BCUT2D eigenvalue weighted by molar-refractivity contribution is 5.94. The van der Waals surface area contributed by atoms with Crippen LogP contribution in [0.5, 0.6) is 0 Å². The van der Waals surface area contributed by atoms with Crippen LogP contribution in [0.3, 0.4) is 0 Å². The molecule has 1 aliphatic rings. The van der Waals surface area contributed by atoms with Gasteiger partial charge in [-0.3, -0.25) is 9.59 Å². The standard InChI is InChI=1S/C15H20N2O3/c16-8-7-10-1-3-12(4-2-10)15(20)17-13(9-14(18)19)11-5-6-11/h1-4,11,13H,5-9,16H2,(H,17,20)(H,18,19). The molecule has 0 bridgehead atoms. The summed E-state index contributed by atoms with van der Waals surface area (Å²) in [7, 11) is 0. The number of carboxylic acids is 1. The zero-order valence-corrected chi connectivity index (χ0v) is 11.3. The molecule has 5 heteroatoms. The van der Waals surface area contributed by atoms with Crippen LogP contribution in [-0.2, 0) is 11.2 Å². The van der Waals surface area contributed by atoms with Crippen LogP contribution < -0.4 is 11.1 Å². The number of nitrogens with one attached hydrogen (secondary N) is 1. The molecule has 108 valence electrons. The Balaban J connectivity index is 1.97. The maximum atomic E-state index is 12.1. The number of benzene rings is 1. The smallest absolute Gasteiger partial charge is 0.305 e. The second-order valence-corrected chi connectivity index (χ2v) is 5.25.